The van der Waals surface area contributed by atoms with Gasteiger partial charge in [-0.15, -0.1) is 0 Å². The summed E-state index contributed by atoms with van der Waals surface area (Å²) in [5.41, 5.74) is -2.89. The van der Waals surface area contributed by atoms with Crippen molar-refractivity contribution >= 4 is 10.0 Å². The maximum atomic E-state index is 13.0. The van der Waals surface area contributed by atoms with Crippen LogP contribution in [0.2, 0.25) is 0 Å². The molecule has 0 spiro atoms. The van der Waals surface area contributed by atoms with Crippen LogP contribution in [0.25, 0.3) is 0 Å². The van der Waals surface area contributed by atoms with Crippen LogP contribution in [0.15, 0.2) is 65.3 Å². The number of halogens is 3. The molecule has 0 radical (unpaired) electrons. The molecule has 11 heteroatoms. The van der Waals surface area contributed by atoms with E-state index in [4.69, 9.17) is 4.74 Å². The summed E-state index contributed by atoms with van der Waals surface area (Å²) in [7, 11) is -4.18. The smallest absolute Gasteiger partial charge is 0.416 e. The molecular weight excluding hydrogens is 437 g/mol. The molecule has 7 nitrogen and oxygen atoms in total. The number of nitriles is 1. The van der Waals surface area contributed by atoms with Gasteiger partial charge in [0.05, 0.1) is 28.9 Å². The van der Waals surface area contributed by atoms with Crippen LogP contribution in [0.5, 0.6) is 5.75 Å². The molecule has 2 aromatic carbocycles. The van der Waals surface area contributed by atoms with Crippen LogP contribution in [-0.2, 0) is 16.2 Å². The number of aliphatic hydroxyl groups excluding tert-OH is 1. The zero-order chi connectivity index (χ0) is 22.9. The number of aliphatic hydroxyl groups is 2. The Labute approximate surface area is 176 Å². The summed E-state index contributed by atoms with van der Waals surface area (Å²) in [6.45, 7) is -1.66. The van der Waals surface area contributed by atoms with E-state index in [-0.39, 0.29) is 28.3 Å². The average molecular weight is 454 g/mol. The van der Waals surface area contributed by atoms with Crippen molar-refractivity contribution < 1.29 is 36.5 Å². The molecule has 3 rings (SSSR count). The Kier molecular flexibility index (Phi) is 6.11. The molecule has 1 aliphatic rings. The second-order valence-corrected chi connectivity index (χ2v) is 8.76. The summed E-state index contributed by atoms with van der Waals surface area (Å²) >= 11 is 0. The molecule has 0 amide bonds. The molecule has 0 unspecified atom stereocenters. The Morgan fingerprint density at radius 2 is 1.84 bits per heavy atom. The van der Waals surface area contributed by atoms with Crippen LogP contribution in [-0.4, -0.2) is 48.2 Å². The molecule has 164 valence electrons. The minimum Gasteiger partial charge on any atom is -0.465 e. The SMILES string of the molecule is N#Cc1ccccc1S(=O)(=O)N1C/C(=C/Oc2ccc(C(F)(F)F)cc2)[C@](O)(CO)C1. The Morgan fingerprint density at radius 1 is 1.19 bits per heavy atom. The third-order valence-electron chi connectivity index (χ3n) is 4.79. The van der Waals surface area contributed by atoms with Crippen molar-refractivity contribution in [1.29, 1.82) is 5.26 Å². The molecule has 2 N–H and O–H groups in total. The van der Waals surface area contributed by atoms with Crippen molar-refractivity contribution in [2.75, 3.05) is 19.7 Å². The van der Waals surface area contributed by atoms with Gasteiger partial charge in [0.1, 0.15) is 17.4 Å². The Bertz CT molecular complexity index is 1140. The number of alkyl halides is 3. The predicted octanol–water partition coefficient (Wildman–Crippen LogP) is 2.27. The van der Waals surface area contributed by atoms with Crippen molar-refractivity contribution in [3.63, 3.8) is 0 Å². The number of ether oxygens (including phenoxy) is 1. The number of β-amino-alcohol motifs (C(OH)–C–C–N with tert-alkyl or cyclic N) is 1. The molecule has 0 aliphatic carbocycles. The molecule has 0 aromatic heterocycles. The van der Waals surface area contributed by atoms with Crippen molar-refractivity contribution in [2.45, 2.75) is 16.7 Å². The first-order valence-electron chi connectivity index (χ1n) is 8.87. The van der Waals surface area contributed by atoms with E-state index in [0.717, 1.165) is 34.8 Å². The van der Waals surface area contributed by atoms with E-state index < -0.39 is 40.5 Å². The molecule has 1 aliphatic heterocycles. The van der Waals surface area contributed by atoms with Crippen molar-refractivity contribution in [3.05, 3.63) is 71.5 Å². The van der Waals surface area contributed by atoms with Crippen LogP contribution in [0.1, 0.15) is 11.1 Å². The summed E-state index contributed by atoms with van der Waals surface area (Å²) in [4.78, 5) is -0.248. The Balaban J connectivity index is 1.86. The number of benzene rings is 2. The monoisotopic (exact) mass is 454 g/mol. The van der Waals surface area contributed by atoms with Crippen LogP contribution in [0, 0.1) is 11.3 Å². The zero-order valence-corrected chi connectivity index (χ0v) is 16.7. The molecule has 0 saturated carbocycles. The van der Waals surface area contributed by atoms with Gasteiger partial charge in [-0.2, -0.15) is 22.7 Å². The van der Waals surface area contributed by atoms with Gasteiger partial charge in [-0.25, -0.2) is 8.42 Å². The molecule has 1 fully saturated rings. The average Bonchev–Trinajstić information content (AvgIpc) is 3.09. The van der Waals surface area contributed by atoms with Gasteiger partial charge in [-0.3, -0.25) is 0 Å². The van der Waals surface area contributed by atoms with Gasteiger partial charge in [0.15, 0.2) is 0 Å². The van der Waals surface area contributed by atoms with Gasteiger partial charge >= 0.3 is 6.18 Å². The fourth-order valence-electron chi connectivity index (χ4n) is 3.04. The van der Waals surface area contributed by atoms with E-state index in [1.807, 2.05) is 0 Å². The third-order valence-corrected chi connectivity index (χ3v) is 6.64. The van der Waals surface area contributed by atoms with Gasteiger partial charge in [-0.05, 0) is 36.4 Å². The Morgan fingerprint density at radius 3 is 2.42 bits per heavy atom. The summed E-state index contributed by atoms with van der Waals surface area (Å²) in [5.74, 6) is 0.0249. The largest absolute Gasteiger partial charge is 0.465 e. The molecule has 2 aromatic rings. The lowest BCUT2D eigenvalue weighted by Gasteiger charge is -2.21. The number of hydrogen-bond acceptors (Lipinski definition) is 6. The van der Waals surface area contributed by atoms with Crippen LogP contribution >= 0.6 is 0 Å². The summed E-state index contributed by atoms with van der Waals surface area (Å²) in [6, 6.07) is 11.1. The highest BCUT2D eigenvalue weighted by Gasteiger charge is 2.46. The molecule has 1 saturated heterocycles. The maximum Gasteiger partial charge on any atom is 0.416 e. The first-order chi connectivity index (χ1) is 14.5. The van der Waals surface area contributed by atoms with Gasteiger partial charge in [0, 0.05) is 18.7 Å². The second kappa shape index (κ2) is 8.32. The number of sulfonamides is 1. The fourth-order valence-corrected chi connectivity index (χ4v) is 4.65. The second-order valence-electron chi connectivity index (χ2n) is 6.85. The van der Waals surface area contributed by atoms with Gasteiger partial charge in [0.25, 0.3) is 0 Å². The molecule has 31 heavy (non-hydrogen) atoms. The standard InChI is InChI=1S/C20H17F3N2O5S/c21-20(22,23)15-5-7-17(8-6-15)30-11-16-10-25(12-19(16,27)13-26)31(28,29)18-4-2-1-3-14(18)9-24/h1-8,11,26-27H,10,12-13H2/b16-11-/t19-/m1/s1. The fraction of sp³-hybridized carbons (Fsp3) is 0.250. The zero-order valence-electron chi connectivity index (χ0n) is 15.9. The molecular formula is C20H17F3N2O5S. The molecule has 1 atom stereocenters. The number of hydrogen-bond donors (Lipinski definition) is 2. The van der Waals surface area contributed by atoms with E-state index in [2.05, 4.69) is 0 Å². The highest BCUT2D eigenvalue weighted by molar-refractivity contribution is 7.89. The van der Waals surface area contributed by atoms with Gasteiger partial charge in [0.2, 0.25) is 10.0 Å². The highest BCUT2D eigenvalue weighted by Crippen LogP contribution is 2.33. The summed E-state index contributed by atoms with van der Waals surface area (Å²) in [6.07, 6.45) is -3.50. The minimum atomic E-state index is -4.51. The number of rotatable bonds is 5. The maximum absolute atomic E-state index is 13.0. The first kappa shape index (κ1) is 22.8. The third kappa shape index (κ3) is 4.57. The normalized spacial score (nSPS) is 21.2. The number of nitrogens with zero attached hydrogens (tertiary/aromatic N) is 2. The molecule has 1 heterocycles. The van der Waals surface area contributed by atoms with Crippen molar-refractivity contribution in [1.82, 2.24) is 4.31 Å². The van der Waals surface area contributed by atoms with E-state index in [1.54, 1.807) is 6.07 Å². The molecule has 0 bridgehead atoms. The minimum absolute atomic E-state index is 0.00733. The van der Waals surface area contributed by atoms with E-state index in [9.17, 15) is 37.1 Å². The van der Waals surface area contributed by atoms with E-state index >= 15 is 0 Å². The lowest BCUT2D eigenvalue weighted by Crippen LogP contribution is -2.39. The van der Waals surface area contributed by atoms with Crippen LogP contribution in [0.3, 0.4) is 0 Å². The quantitative estimate of drug-likeness (QED) is 0.671. The van der Waals surface area contributed by atoms with E-state index in [0.29, 0.717) is 0 Å². The van der Waals surface area contributed by atoms with Crippen LogP contribution < -0.4 is 4.74 Å². The highest BCUT2D eigenvalue weighted by atomic mass is 32.2. The lowest BCUT2D eigenvalue weighted by atomic mass is 10.00. The lowest BCUT2D eigenvalue weighted by molar-refractivity contribution is -0.137. The topological polar surface area (TPSA) is 111 Å². The van der Waals surface area contributed by atoms with Crippen molar-refractivity contribution in [2.24, 2.45) is 0 Å². The van der Waals surface area contributed by atoms with Crippen molar-refractivity contribution in [3.8, 4) is 11.8 Å². The van der Waals surface area contributed by atoms with Gasteiger partial charge < -0.3 is 14.9 Å². The summed E-state index contributed by atoms with van der Waals surface area (Å²) < 4.78 is 70.1. The predicted molar refractivity (Wildman–Crippen MR) is 102 cm³/mol. The van der Waals surface area contributed by atoms with Gasteiger partial charge in [-0.1, -0.05) is 12.1 Å². The first-order valence-corrected chi connectivity index (χ1v) is 10.3. The Hall–Kier alpha value is -2.91. The van der Waals surface area contributed by atoms with Crippen LogP contribution in [0.4, 0.5) is 13.2 Å². The van der Waals surface area contributed by atoms with E-state index in [1.165, 1.54) is 24.3 Å². The summed E-state index contributed by atoms with van der Waals surface area (Å²) in [5, 5.41) is 29.5.